The molecule has 1 saturated carbocycles. The van der Waals surface area contributed by atoms with Crippen LogP contribution in [-0.2, 0) is 14.6 Å². The van der Waals surface area contributed by atoms with E-state index in [2.05, 4.69) is 0 Å². The molecule has 1 fully saturated rings. The molecule has 3 rings (SSSR count). The highest BCUT2D eigenvalue weighted by atomic mass is 32.2. The number of carbonyl (C=O) groups is 1. The number of aliphatic carboxylic acids is 1. The van der Waals surface area contributed by atoms with Crippen molar-refractivity contribution in [1.29, 1.82) is 0 Å². The number of carboxylic acid groups (broad SMARTS) is 1. The summed E-state index contributed by atoms with van der Waals surface area (Å²) in [5.74, 6) is -1.54. The highest BCUT2D eigenvalue weighted by Crippen LogP contribution is 2.55. The molecule has 0 aliphatic heterocycles. The largest absolute Gasteiger partial charge is 0.497 e. The monoisotopic (exact) mass is 361 g/mol. The van der Waals surface area contributed by atoms with Crippen molar-refractivity contribution < 1.29 is 23.1 Å². The number of aryl methyl sites for hydroxylation is 1. The predicted molar refractivity (Wildman–Crippen MR) is 92.4 cm³/mol. The molecule has 0 bridgehead atoms. The minimum Gasteiger partial charge on any atom is -0.497 e. The molecule has 0 unspecified atom stereocenters. The summed E-state index contributed by atoms with van der Waals surface area (Å²) in [7, 11) is -2.37. The molecule has 2 aromatic carbocycles. The Morgan fingerprint density at radius 1 is 1.12 bits per heavy atom. The Bertz CT molecular complexity index is 905. The summed E-state index contributed by atoms with van der Waals surface area (Å²) in [5, 5.41) is 8.34. The molecule has 1 aliphatic carbocycles. The van der Waals surface area contributed by atoms with E-state index in [9.17, 15) is 18.3 Å². The van der Waals surface area contributed by atoms with Gasteiger partial charge in [-0.15, -0.1) is 0 Å². The molecule has 7 heteroatoms. The second kappa shape index (κ2) is 5.86. The zero-order chi connectivity index (χ0) is 18.4. The topological polar surface area (TPSA) is 107 Å². The summed E-state index contributed by atoms with van der Waals surface area (Å²) in [6, 6.07) is 12.9. The Morgan fingerprint density at radius 2 is 1.68 bits per heavy atom. The fourth-order valence-electron chi connectivity index (χ4n) is 3.20. The third-order valence-corrected chi connectivity index (χ3v) is 6.97. The van der Waals surface area contributed by atoms with Crippen molar-refractivity contribution in [2.75, 3.05) is 7.11 Å². The van der Waals surface area contributed by atoms with E-state index in [4.69, 9.17) is 10.5 Å². The van der Waals surface area contributed by atoms with Crippen LogP contribution in [0, 0.1) is 6.92 Å². The zero-order valence-electron chi connectivity index (χ0n) is 13.8. The number of carboxylic acids is 1. The summed E-state index contributed by atoms with van der Waals surface area (Å²) in [6.45, 7) is 1.85. The van der Waals surface area contributed by atoms with Crippen molar-refractivity contribution in [1.82, 2.24) is 0 Å². The first-order valence-electron chi connectivity index (χ1n) is 7.69. The molecule has 2 aromatic rings. The molecule has 0 amide bonds. The molecule has 25 heavy (non-hydrogen) atoms. The molecule has 0 radical (unpaired) electrons. The summed E-state index contributed by atoms with van der Waals surface area (Å²) >= 11 is 0. The van der Waals surface area contributed by atoms with Gasteiger partial charge in [0.15, 0.2) is 9.84 Å². The summed E-state index contributed by atoms with van der Waals surface area (Å²) in [5.41, 5.74) is 5.65. The zero-order valence-corrected chi connectivity index (χ0v) is 14.7. The molecular weight excluding hydrogens is 342 g/mol. The van der Waals surface area contributed by atoms with Crippen LogP contribution < -0.4 is 10.5 Å². The average molecular weight is 361 g/mol. The van der Waals surface area contributed by atoms with Crippen molar-refractivity contribution in [3.8, 4) is 5.75 Å². The average Bonchev–Trinajstić information content (AvgIpc) is 3.24. The number of hydrogen-bond acceptors (Lipinski definition) is 5. The van der Waals surface area contributed by atoms with Crippen LogP contribution in [0.4, 0.5) is 0 Å². The minimum atomic E-state index is -3.89. The lowest BCUT2D eigenvalue weighted by atomic mass is 10.1. The minimum absolute atomic E-state index is 0.0789. The molecule has 0 saturated heterocycles. The highest BCUT2D eigenvalue weighted by Gasteiger charge is 2.74. The van der Waals surface area contributed by atoms with Crippen LogP contribution >= 0.6 is 0 Å². The van der Waals surface area contributed by atoms with E-state index in [0.717, 1.165) is 5.56 Å². The molecule has 0 spiro atoms. The lowest BCUT2D eigenvalue weighted by Crippen LogP contribution is -2.39. The van der Waals surface area contributed by atoms with Gasteiger partial charge in [0.1, 0.15) is 16.5 Å². The van der Waals surface area contributed by atoms with Crippen LogP contribution in [-0.4, -0.2) is 37.4 Å². The highest BCUT2D eigenvalue weighted by molar-refractivity contribution is 7.92. The van der Waals surface area contributed by atoms with E-state index in [-0.39, 0.29) is 4.90 Å². The fraction of sp³-hybridized carbons (Fsp3) is 0.278. The smallest absolute Gasteiger partial charge is 0.325 e. The first-order chi connectivity index (χ1) is 11.7. The van der Waals surface area contributed by atoms with Crippen LogP contribution in [0.1, 0.15) is 17.0 Å². The van der Waals surface area contributed by atoms with E-state index < -0.39 is 32.5 Å². The second-order valence-corrected chi connectivity index (χ2v) is 8.34. The molecule has 6 nitrogen and oxygen atoms in total. The number of sulfone groups is 1. The number of methoxy groups -OCH3 is 1. The van der Waals surface area contributed by atoms with Gasteiger partial charge in [0, 0.05) is 5.92 Å². The van der Waals surface area contributed by atoms with Gasteiger partial charge >= 0.3 is 5.97 Å². The Hall–Kier alpha value is -2.38. The molecule has 0 heterocycles. The maximum absolute atomic E-state index is 13.0. The van der Waals surface area contributed by atoms with Crippen molar-refractivity contribution >= 4 is 15.8 Å². The van der Waals surface area contributed by atoms with Crippen molar-refractivity contribution in [3.63, 3.8) is 0 Å². The van der Waals surface area contributed by atoms with Gasteiger partial charge in [-0.05, 0) is 36.8 Å². The Kier molecular flexibility index (Phi) is 4.09. The molecule has 0 aromatic heterocycles. The first kappa shape index (κ1) is 17.4. The van der Waals surface area contributed by atoms with Crippen molar-refractivity contribution in [2.24, 2.45) is 5.73 Å². The number of ether oxygens (including phenoxy) is 1. The first-order valence-corrected chi connectivity index (χ1v) is 9.24. The molecule has 3 N–H and O–H groups in total. The van der Waals surface area contributed by atoms with E-state index in [1.807, 2.05) is 6.92 Å². The molecule has 132 valence electrons. The van der Waals surface area contributed by atoms with Gasteiger partial charge < -0.3 is 15.6 Å². The third-order valence-electron chi connectivity index (χ3n) is 4.71. The number of rotatable bonds is 5. The molecular formula is C18H19NO5S. The van der Waals surface area contributed by atoms with Gasteiger partial charge in [-0.25, -0.2) is 8.42 Å². The maximum atomic E-state index is 13.0. The summed E-state index contributed by atoms with van der Waals surface area (Å²) in [6.07, 6.45) is 0. The van der Waals surface area contributed by atoms with E-state index >= 15 is 0 Å². The number of hydrogen-bond donors (Lipinski definition) is 2. The van der Waals surface area contributed by atoms with Crippen molar-refractivity contribution in [2.45, 2.75) is 28.5 Å². The number of benzene rings is 2. The Morgan fingerprint density at radius 3 is 2.16 bits per heavy atom. The second-order valence-electron chi connectivity index (χ2n) is 6.27. The lowest BCUT2D eigenvalue weighted by Gasteiger charge is -2.07. The third kappa shape index (κ3) is 2.69. The SMILES string of the molecule is COc1ccc([C@@H]2[C@H](S(=O)(=O)c3ccc(C)cc3)[C@]2(N)C(=O)O)cc1. The lowest BCUT2D eigenvalue weighted by molar-refractivity contribution is -0.139. The fourth-order valence-corrected chi connectivity index (χ4v) is 5.43. The Labute approximate surface area is 146 Å². The van der Waals surface area contributed by atoms with E-state index in [1.165, 1.54) is 19.2 Å². The Balaban J connectivity index is 2.03. The van der Waals surface area contributed by atoms with Gasteiger partial charge in [-0.1, -0.05) is 29.8 Å². The van der Waals surface area contributed by atoms with Gasteiger partial charge in [0.2, 0.25) is 0 Å². The molecule has 3 atom stereocenters. The van der Waals surface area contributed by atoms with Gasteiger partial charge in [0.25, 0.3) is 0 Å². The molecule has 1 aliphatic rings. The van der Waals surface area contributed by atoms with Crippen LogP contribution in [0.3, 0.4) is 0 Å². The van der Waals surface area contributed by atoms with E-state index in [0.29, 0.717) is 11.3 Å². The van der Waals surface area contributed by atoms with Crippen molar-refractivity contribution in [3.05, 3.63) is 59.7 Å². The predicted octanol–water partition coefficient (Wildman–Crippen LogP) is 1.73. The maximum Gasteiger partial charge on any atom is 0.325 e. The van der Waals surface area contributed by atoms with E-state index in [1.54, 1.807) is 36.4 Å². The summed E-state index contributed by atoms with van der Waals surface area (Å²) in [4.78, 5) is 11.8. The van der Waals surface area contributed by atoms with Gasteiger partial charge in [-0.2, -0.15) is 0 Å². The number of nitrogens with two attached hydrogens (primary N) is 1. The van der Waals surface area contributed by atoms with Crippen LogP contribution in [0.25, 0.3) is 0 Å². The van der Waals surface area contributed by atoms with Gasteiger partial charge in [-0.3, -0.25) is 4.79 Å². The van der Waals surface area contributed by atoms with Crippen LogP contribution in [0.15, 0.2) is 53.4 Å². The van der Waals surface area contributed by atoms with Crippen LogP contribution in [0.2, 0.25) is 0 Å². The normalized spacial score (nSPS) is 25.4. The standard InChI is InChI=1S/C18H19NO5S/c1-11-3-9-14(10-4-11)25(22,23)16-15(18(16,19)17(20)21)12-5-7-13(24-2)8-6-12/h3-10,15-16H,19H2,1-2H3,(H,20,21)/t15-,16+,18+/m1/s1. The quantitative estimate of drug-likeness (QED) is 0.840. The summed E-state index contributed by atoms with van der Waals surface area (Å²) < 4.78 is 31.0. The van der Waals surface area contributed by atoms with Gasteiger partial charge in [0.05, 0.1) is 12.0 Å². The van der Waals surface area contributed by atoms with Crippen LogP contribution in [0.5, 0.6) is 5.75 Å².